The maximum atomic E-state index is 14.4. The molecule has 0 fully saturated rings. The first-order chi connectivity index (χ1) is 15.5. The molecule has 32 heavy (non-hydrogen) atoms. The molecule has 0 aliphatic heterocycles. The molecule has 0 radical (unpaired) electrons. The summed E-state index contributed by atoms with van der Waals surface area (Å²) in [5.41, 5.74) is 2.73. The molecule has 1 aromatic heterocycles. The molecule has 3 rings (SSSR count). The van der Waals surface area contributed by atoms with Gasteiger partial charge in [-0.1, -0.05) is 12.1 Å². The van der Waals surface area contributed by atoms with Crippen molar-refractivity contribution in [3.8, 4) is 28.3 Å². The van der Waals surface area contributed by atoms with E-state index < -0.39 is 23.4 Å². The summed E-state index contributed by atoms with van der Waals surface area (Å²) in [6, 6.07) is 8.96. The minimum atomic E-state index is -0.836. The minimum Gasteiger partial charge on any atom is -0.491 e. The molecular formula is C24H24F2N2O4. The van der Waals surface area contributed by atoms with Crippen LogP contribution in [0.5, 0.6) is 5.75 Å². The van der Waals surface area contributed by atoms with Crippen LogP contribution in [-0.2, 0) is 15.9 Å². The third kappa shape index (κ3) is 5.26. The van der Waals surface area contributed by atoms with Gasteiger partial charge in [0.1, 0.15) is 0 Å². The molecule has 2 aromatic carbocycles. The molecule has 0 aliphatic rings. The van der Waals surface area contributed by atoms with Crippen molar-refractivity contribution in [3.05, 3.63) is 65.5 Å². The largest absolute Gasteiger partial charge is 0.491 e. The number of halogens is 2. The Hall–Kier alpha value is -3.39. The molecular weight excluding hydrogens is 418 g/mol. The van der Waals surface area contributed by atoms with Crippen molar-refractivity contribution in [2.24, 2.45) is 0 Å². The number of benzene rings is 2. The van der Waals surface area contributed by atoms with Crippen molar-refractivity contribution < 1.29 is 27.8 Å². The van der Waals surface area contributed by atoms with E-state index in [0.717, 1.165) is 18.6 Å². The Morgan fingerprint density at radius 2 is 1.69 bits per heavy atom. The molecule has 0 amide bonds. The maximum absolute atomic E-state index is 14.4. The van der Waals surface area contributed by atoms with Crippen LogP contribution in [0.3, 0.4) is 0 Å². The van der Waals surface area contributed by atoms with Gasteiger partial charge in [-0.25, -0.2) is 18.6 Å². The Morgan fingerprint density at radius 3 is 2.28 bits per heavy atom. The number of ether oxygens (including phenoxy) is 3. The van der Waals surface area contributed by atoms with E-state index in [2.05, 4.69) is 4.98 Å². The highest BCUT2D eigenvalue weighted by Gasteiger charge is 2.18. The van der Waals surface area contributed by atoms with E-state index in [9.17, 15) is 13.6 Å². The second-order valence-electron chi connectivity index (χ2n) is 6.93. The van der Waals surface area contributed by atoms with Crippen LogP contribution in [0.15, 0.2) is 42.6 Å². The quantitative estimate of drug-likeness (QED) is 0.348. The van der Waals surface area contributed by atoms with Crippen LogP contribution in [0.4, 0.5) is 8.78 Å². The van der Waals surface area contributed by atoms with Crippen LogP contribution in [-0.4, -0.2) is 43.4 Å². The smallest absolute Gasteiger partial charge is 0.338 e. The number of rotatable bonds is 9. The lowest BCUT2D eigenvalue weighted by atomic mass is 10.0. The average molecular weight is 442 g/mol. The molecule has 0 bridgehead atoms. The Kier molecular flexibility index (Phi) is 7.83. The number of carbonyl (C=O) groups excluding carboxylic acids is 1. The van der Waals surface area contributed by atoms with Gasteiger partial charge >= 0.3 is 5.97 Å². The number of hydrogen-bond donors (Lipinski definition) is 0. The first-order valence-corrected chi connectivity index (χ1v) is 10.1. The minimum absolute atomic E-state index is 0.223. The summed E-state index contributed by atoms with van der Waals surface area (Å²) in [7, 11) is 2.82. The summed E-state index contributed by atoms with van der Waals surface area (Å²) >= 11 is 0. The third-order valence-electron chi connectivity index (χ3n) is 4.75. The molecule has 0 atom stereocenters. The van der Waals surface area contributed by atoms with Crippen LogP contribution in [0.25, 0.3) is 22.5 Å². The van der Waals surface area contributed by atoms with Crippen LogP contribution in [0, 0.1) is 11.6 Å². The molecule has 0 N–H and O–H groups in total. The van der Waals surface area contributed by atoms with E-state index >= 15 is 0 Å². The van der Waals surface area contributed by atoms with Gasteiger partial charge in [-0.05, 0) is 44.0 Å². The standard InChI is InChI=1S/C24H24F2N2O4/c1-4-32-24(29)16-9-7-15(8-10-16)22-21(27-14-18(28-22)6-5-11-30-2)17-12-19(25)23(31-3)20(26)13-17/h7-10,12-14H,4-6,11H2,1-3H3. The Morgan fingerprint density at radius 1 is 1.00 bits per heavy atom. The van der Waals surface area contributed by atoms with E-state index in [1.54, 1.807) is 44.5 Å². The lowest BCUT2D eigenvalue weighted by Gasteiger charge is -2.13. The number of hydrogen-bond acceptors (Lipinski definition) is 6. The van der Waals surface area contributed by atoms with Gasteiger partial charge in [0.25, 0.3) is 0 Å². The number of carbonyl (C=O) groups is 1. The summed E-state index contributed by atoms with van der Waals surface area (Å²) in [5, 5.41) is 0. The summed E-state index contributed by atoms with van der Waals surface area (Å²) < 4.78 is 43.6. The highest BCUT2D eigenvalue weighted by atomic mass is 19.1. The van der Waals surface area contributed by atoms with Gasteiger partial charge in [-0.15, -0.1) is 0 Å². The zero-order valence-corrected chi connectivity index (χ0v) is 18.2. The van der Waals surface area contributed by atoms with Crippen LogP contribution < -0.4 is 4.74 Å². The molecule has 0 aliphatic carbocycles. The van der Waals surface area contributed by atoms with Gasteiger partial charge < -0.3 is 14.2 Å². The molecule has 0 unspecified atom stereocenters. The Labute approximate surface area is 185 Å². The van der Waals surface area contributed by atoms with Crippen LogP contribution >= 0.6 is 0 Å². The van der Waals surface area contributed by atoms with Gasteiger partial charge in [-0.2, -0.15) is 0 Å². The molecule has 0 saturated heterocycles. The molecule has 1 heterocycles. The average Bonchev–Trinajstić information content (AvgIpc) is 2.79. The zero-order valence-electron chi connectivity index (χ0n) is 18.2. The van der Waals surface area contributed by atoms with Crippen molar-refractivity contribution in [3.63, 3.8) is 0 Å². The molecule has 0 spiro atoms. The van der Waals surface area contributed by atoms with Crippen molar-refractivity contribution in [2.75, 3.05) is 27.4 Å². The van der Waals surface area contributed by atoms with Gasteiger partial charge in [0, 0.05) is 31.0 Å². The second-order valence-corrected chi connectivity index (χ2v) is 6.93. The van der Waals surface area contributed by atoms with Gasteiger partial charge in [0.15, 0.2) is 17.4 Å². The highest BCUT2D eigenvalue weighted by molar-refractivity contribution is 5.90. The van der Waals surface area contributed by atoms with Crippen molar-refractivity contribution in [1.29, 1.82) is 0 Å². The van der Waals surface area contributed by atoms with E-state index in [-0.39, 0.29) is 12.2 Å². The van der Waals surface area contributed by atoms with Crippen LogP contribution in [0.1, 0.15) is 29.4 Å². The first kappa shape index (κ1) is 23.3. The molecule has 8 heteroatoms. The number of esters is 1. The van der Waals surface area contributed by atoms with Gasteiger partial charge in [0.2, 0.25) is 0 Å². The number of aryl methyl sites for hydroxylation is 1. The second kappa shape index (κ2) is 10.8. The summed E-state index contributed by atoms with van der Waals surface area (Å²) in [6.07, 6.45) is 2.96. The topological polar surface area (TPSA) is 70.5 Å². The van der Waals surface area contributed by atoms with E-state index in [1.165, 1.54) is 7.11 Å². The lowest BCUT2D eigenvalue weighted by molar-refractivity contribution is 0.0526. The Balaban J connectivity index is 2.07. The van der Waals surface area contributed by atoms with Gasteiger partial charge in [-0.3, -0.25) is 4.98 Å². The molecule has 0 saturated carbocycles. The lowest BCUT2D eigenvalue weighted by Crippen LogP contribution is -2.05. The number of aromatic nitrogens is 2. The van der Waals surface area contributed by atoms with Crippen LogP contribution in [0.2, 0.25) is 0 Å². The Bertz CT molecular complexity index is 1060. The molecule has 6 nitrogen and oxygen atoms in total. The normalized spacial score (nSPS) is 10.8. The van der Waals surface area contributed by atoms with E-state index in [0.29, 0.717) is 41.2 Å². The summed E-state index contributed by atoms with van der Waals surface area (Å²) in [5.74, 6) is -2.56. The predicted molar refractivity (Wildman–Crippen MR) is 116 cm³/mol. The number of nitrogens with zero attached hydrogens (tertiary/aromatic N) is 2. The fourth-order valence-electron chi connectivity index (χ4n) is 3.23. The monoisotopic (exact) mass is 442 g/mol. The van der Waals surface area contributed by atoms with Gasteiger partial charge in [0.05, 0.1) is 36.4 Å². The SMILES string of the molecule is CCOC(=O)c1ccc(-c2nc(CCCOC)cnc2-c2cc(F)c(OC)c(F)c2)cc1. The number of methoxy groups -OCH3 is 2. The fraction of sp³-hybridized carbons (Fsp3) is 0.292. The molecule has 168 valence electrons. The highest BCUT2D eigenvalue weighted by Crippen LogP contribution is 2.33. The predicted octanol–water partition coefficient (Wildman–Crippen LogP) is 4.85. The van der Waals surface area contributed by atoms with Crippen molar-refractivity contribution >= 4 is 5.97 Å². The first-order valence-electron chi connectivity index (χ1n) is 10.1. The maximum Gasteiger partial charge on any atom is 0.338 e. The zero-order chi connectivity index (χ0) is 23.1. The van der Waals surface area contributed by atoms with Crippen molar-refractivity contribution in [1.82, 2.24) is 9.97 Å². The molecule has 3 aromatic rings. The third-order valence-corrected chi connectivity index (χ3v) is 4.75. The fourth-order valence-corrected chi connectivity index (χ4v) is 3.23. The van der Waals surface area contributed by atoms with Crippen molar-refractivity contribution in [2.45, 2.75) is 19.8 Å². The van der Waals surface area contributed by atoms with E-state index in [4.69, 9.17) is 19.2 Å². The summed E-state index contributed by atoms with van der Waals surface area (Å²) in [4.78, 5) is 21.1. The summed E-state index contributed by atoms with van der Waals surface area (Å²) in [6.45, 7) is 2.58. The van der Waals surface area contributed by atoms with E-state index in [1.807, 2.05) is 0 Å².